The Morgan fingerprint density at radius 3 is 2.46 bits per heavy atom. The molecule has 0 saturated heterocycles. The van der Waals surface area contributed by atoms with Gasteiger partial charge in [-0.3, -0.25) is 14.9 Å². The molecule has 26 heavy (non-hydrogen) atoms. The number of benzene rings is 1. The van der Waals surface area contributed by atoms with Gasteiger partial charge in [-0.05, 0) is 37.1 Å². The van der Waals surface area contributed by atoms with Gasteiger partial charge in [0.05, 0.1) is 16.4 Å². The minimum Gasteiger partial charge on any atom is -0.353 e. The Morgan fingerprint density at radius 1 is 1.12 bits per heavy atom. The smallest absolute Gasteiger partial charge is 0.269 e. The lowest BCUT2D eigenvalue weighted by molar-refractivity contribution is -0.384. The molecule has 1 fully saturated rings. The predicted molar refractivity (Wildman–Crippen MR) is 99.9 cm³/mol. The zero-order valence-corrected chi connectivity index (χ0v) is 15.1. The molecule has 1 aliphatic carbocycles. The molecule has 1 heterocycles. The van der Waals surface area contributed by atoms with Gasteiger partial charge in [0.2, 0.25) is 5.91 Å². The second-order valence-corrected chi connectivity index (χ2v) is 7.25. The van der Waals surface area contributed by atoms with Crippen LogP contribution in [0.3, 0.4) is 0 Å². The molecule has 0 bridgehead atoms. The SMILES string of the molecule is O=C(CSc1ccc(-c2ccc([N+](=O)[O-])cc2)nn1)NC1CCCCC1. The van der Waals surface area contributed by atoms with E-state index in [9.17, 15) is 14.9 Å². The molecule has 1 aromatic carbocycles. The van der Waals surface area contributed by atoms with E-state index in [1.165, 1.54) is 43.2 Å². The van der Waals surface area contributed by atoms with Crippen LogP contribution in [0.2, 0.25) is 0 Å². The number of carbonyl (C=O) groups excluding carboxylic acids is 1. The molecule has 136 valence electrons. The monoisotopic (exact) mass is 372 g/mol. The van der Waals surface area contributed by atoms with Gasteiger partial charge in [0.15, 0.2) is 0 Å². The van der Waals surface area contributed by atoms with Crippen molar-refractivity contribution < 1.29 is 9.72 Å². The highest BCUT2D eigenvalue weighted by molar-refractivity contribution is 7.99. The highest BCUT2D eigenvalue weighted by Gasteiger charge is 2.16. The summed E-state index contributed by atoms with van der Waals surface area (Å²) in [5, 5.41) is 22.7. The minimum atomic E-state index is -0.437. The number of nitrogens with one attached hydrogen (secondary N) is 1. The third-order valence-corrected chi connectivity index (χ3v) is 5.26. The second kappa shape index (κ2) is 8.75. The van der Waals surface area contributed by atoms with E-state index in [1.54, 1.807) is 18.2 Å². The highest BCUT2D eigenvalue weighted by Crippen LogP contribution is 2.22. The van der Waals surface area contributed by atoms with Gasteiger partial charge < -0.3 is 5.32 Å². The summed E-state index contributed by atoms with van der Waals surface area (Å²) < 4.78 is 0. The van der Waals surface area contributed by atoms with Crippen LogP contribution in [-0.4, -0.2) is 32.8 Å². The Kier molecular flexibility index (Phi) is 6.17. The van der Waals surface area contributed by atoms with E-state index in [0.29, 0.717) is 22.5 Å². The first-order valence-corrected chi connectivity index (χ1v) is 9.61. The van der Waals surface area contributed by atoms with Crippen LogP contribution in [0.25, 0.3) is 11.3 Å². The van der Waals surface area contributed by atoms with Gasteiger partial charge in [0.25, 0.3) is 5.69 Å². The van der Waals surface area contributed by atoms with E-state index in [-0.39, 0.29) is 11.6 Å². The molecular formula is C18H20N4O3S. The normalized spacial score (nSPS) is 14.8. The highest BCUT2D eigenvalue weighted by atomic mass is 32.2. The maximum Gasteiger partial charge on any atom is 0.269 e. The van der Waals surface area contributed by atoms with Gasteiger partial charge in [0, 0.05) is 23.7 Å². The molecule has 0 atom stereocenters. The number of carbonyl (C=O) groups is 1. The molecule has 1 amide bonds. The van der Waals surface area contributed by atoms with Crippen LogP contribution >= 0.6 is 11.8 Å². The zero-order chi connectivity index (χ0) is 18.4. The quantitative estimate of drug-likeness (QED) is 0.473. The van der Waals surface area contributed by atoms with Gasteiger partial charge in [0.1, 0.15) is 5.03 Å². The third-order valence-electron chi connectivity index (χ3n) is 4.34. The van der Waals surface area contributed by atoms with Gasteiger partial charge in [-0.2, -0.15) is 0 Å². The summed E-state index contributed by atoms with van der Waals surface area (Å²) >= 11 is 1.35. The Balaban J connectivity index is 1.52. The number of hydrogen-bond acceptors (Lipinski definition) is 6. The van der Waals surface area contributed by atoms with Crippen molar-refractivity contribution in [3.05, 3.63) is 46.5 Å². The van der Waals surface area contributed by atoms with Crippen molar-refractivity contribution in [1.29, 1.82) is 0 Å². The lowest BCUT2D eigenvalue weighted by Gasteiger charge is -2.22. The standard InChI is InChI=1S/C18H20N4O3S/c23-17(19-14-4-2-1-3-5-14)12-26-18-11-10-16(20-21-18)13-6-8-15(9-7-13)22(24)25/h6-11,14H,1-5,12H2,(H,19,23). The summed E-state index contributed by atoms with van der Waals surface area (Å²) in [5.41, 5.74) is 1.43. The van der Waals surface area contributed by atoms with E-state index in [2.05, 4.69) is 15.5 Å². The average Bonchev–Trinajstić information content (AvgIpc) is 2.68. The predicted octanol–water partition coefficient (Wildman–Crippen LogP) is 3.59. The molecule has 1 aromatic heterocycles. The Hall–Kier alpha value is -2.48. The van der Waals surface area contributed by atoms with Crippen molar-refractivity contribution >= 4 is 23.4 Å². The number of nitrogens with zero attached hydrogens (tertiary/aromatic N) is 3. The summed E-state index contributed by atoms with van der Waals surface area (Å²) in [4.78, 5) is 22.3. The average molecular weight is 372 g/mol. The number of nitro benzene ring substituents is 1. The first-order chi connectivity index (χ1) is 12.6. The maximum absolute atomic E-state index is 12.0. The largest absolute Gasteiger partial charge is 0.353 e. The fraction of sp³-hybridized carbons (Fsp3) is 0.389. The second-order valence-electron chi connectivity index (χ2n) is 6.25. The van der Waals surface area contributed by atoms with Crippen LogP contribution < -0.4 is 5.32 Å². The maximum atomic E-state index is 12.0. The zero-order valence-electron chi connectivity index (χ0n) is 14.3. The van der Waals surface area contributed by atoms with Crippen LogP contribution in [0.4, 0.5) is 5.69 Å². The van der Waals surface area contributed by atoms with E-state index >= 15 is 0 Å². The fourth-order valence-electron chi connectivity index (χ4n) is 2.96. The third kappa shape index (κ3) is 5.01. The number of thioether (sulfide) groups is 1. The Labute approximate surface area is 155 Å². The van der Waals surface area contributed by atoms with E-state index in [0.717, 1.165) is 18.4 Å². The van der Waals surface area contributed by atoms with Crippen LogP contribution in [0.5, 0.6) is 0 Å². The summed E-state index contributed by atoms with van der Waals surface area (Å²) in [6.45, 7) is 0. The van der Waals surface area contributed by atoms with Crippen molar-refractivity contribution in [1.82, 2.24) is 15.5 Å². The molecule has 0 unspecified atom stereocenters. The number of amides is 1. The van der Waals surface area contributed by atoms with E-state index < -0.39 is 4.92 Å². The van der Waals surface area contributed by atoms with E-state index in [4.69, 9.17) is 0 Å². The van der Waals surface area contributed by atoms with Crippen molar-refractivity contribution in [2.45, 2.75) is 43.2 Å². The van der Waals surface area contributed by atoms with Crippen molar-refractivity contribution in [3.8, 4) is 11.3 Å². The Morgan fingerprint density at radius 2 is 1.85 bits per heavy atom. The number of hydrogen-bond donors (Lipinski definition) is 1. The first-order valence-electron chi connectivity index (χ1n) is 8.62. The van der Waals surface area contributed by atoms with Gasteiger partial charge in [-0.15, -0.1) is 10.2 Å². The van der Waals surface area contributed by atoms with Crippen LogP contribution in [-0.2, 0) is 4.79 Å². The molecule has 8 heteroatoms. The van der Waals surface area contributed by atoms with Crippen molar-refractivity contribution in [2.24, 2.45) is 0 Å². The number of non-ortho nitro benzene ring substituents is 1. The topological polar surface area (TPSA) is 98.0 Å². The lowest BCUT2D eigenvalue weighted by Crippen LogP contribution is -2.37. The molecule has 7 nitrogen and oxygen atoms in total. The van der Waals surface area contributed by atoms with Gasteiger partial charge in [-0.1, -0.05) is 31.0 Å². The summed E-state index contributed by atoms with van der Waals surface area (Å²) in [7, 11) is 0. The Bertz CT molecular complexity index is 759. The summed E-state index contributed by atoms with van der Waals surface area (Å²) in [6.07, 6.45) is 5.78. The summed E-state index contributed by atoms with van der Waals surface area (Å²) in [5.74, 6) is 0.352. The van der Waals surface area contributed by atoms with Crippen LogP contribution in [0.15, 0.2) is 41.4 Å². The van der Waals surface area contributed by atoms with Crippen LogP contribution in [0, 0.1) is 10.1 Å². The lowest BCUT2D eigenvalue weighted by atomic mass is 9.95. The van der Waals surface area contributed by atoms with E-state index in [1.807, 2.05) is 6.07 Å². The first kappa shape index (κ1) is 18.3. The molecule has 0 aliphatic heterocycles. The van der Waals surface area contributed by atoms with Crippen molar-refractivity contribution in [3.63, 3.8) is 0 Å². The van der Waals surface area contributed by atoms with Crippen LogP contribution in [0.1, 0.15) is 32.1 Å². The summed E-state index contributed by atoms with van der Waals surface area (Å²) in [6, 6.07) is 10.1. The molecule has 1 saturated carbocycles. The molecule has 1 aliphatic rings. The molecule has 2 aromatic rings. The molecule has 0 spiro atoms. The minimum absolute atomic E-state index is 0.0307. The molecule has 1 N–H and O–H groups in total. The fourth-order valence-corrected chi connectivity index (χ4v) is 3.59. The molecule has 0 radical (unpaired) electrons. The number of rotatable bonds is 6. The van der Waals surface area contributed by atoms with Gasteiger partial charge in [-0.25, -0.2) is 0 Å². The van der Waals surface area contributed by atoms with Gasteiger partial charge >= 0.3 is 0 Å². The molecular weight excluding hydrogens is 352 g/mol. The van der Waals surface area contributed by atoms with Crippen molar-refractivity contribution in [2.75, 3.05) is 5.75 Å². The number of nitro groups is 1. The molecule has 3 rings (SSSR count). The number of aromatic nitrogens is 2.